The fraction of sp³-hybridized carbons (Fsp3) is 0.452. The summed E-state index contributed by atoms with van der Waals surface area (Å²) in [4.78, 5) is 30.9. The van der Waals surface area contributed by atoms with E-state index in [0.29, 0.717) is 32.5 Å². The smallest absolute Gasteiger partial charge is 0.273 e. The summed E-state index contributed by atoms with van der Waals surface area (Å²) < 4.78 is 32.7. The fourth-order valence-electron chi connectivity index (χ4n) is 5.99. The van der Waals surface area contributed by atoms with Crippen molar-refractivity contribution in [3.63, 3.8) is 0 Å². The van der Waals surface area contributed by atoms with Crippen molar-refractivity contribution in [2.24, 2.45) is 5.92 Å². The summed E-state index contributed by atoms with van der Waals surface area (Å²) in [5, 5.41) is 17.5. The van der Waals surface area contributed by atoms with Gasteiger partial charge in [-0.3, -0.25) is 14.5 Å². The van der Waals surface area contributed by atoms with Gasteiger partial charge in [0.15, 0.2) is 11.5 Å². The quantitative estimate of drug-likeness (QED) is 0.427. The van der Waals surface area contributed by atoms with Gasteiger partial charge in [0.05, 0.1) is 17.6 Å². The Balaban J connectivity index is 1.30. The molecule has 2 fully saturated rings. The number of aliphatic hydroxyl groups is 1. The van der Waals surface area contributed by atoms with Crippen LogP contribution in [0.15, 0.2) is 59.1 Å². The summed E-state index contributed by atoms with van der Waals surface area (Å²) in [6.07, 6.45) is 4.47. The van der Waals surface area contributed by atoms with Gasteiger partial charge in [0, 0.05) is 50.9 Å². The van der Waals surface area contributed by atoms with Crippen LogP contribution in [0.5, 0.6) is 0 Å². The third-order valence-corrected chi connectivity index (χ3v) is 8.34. The molecule has 0 radical (unpaired) electrons. The standard InChI is InChI=1S/C31H36F2N4O4/c1-36(15-13-20-7-3-2-4-8-20)31(40)23-19-37(27-9-5-6-10-28(27)38)16-14-25(23)34-30(39)26-18-29(41-35-26)22-12-11-21(32)17-24(22)33/h2-4,7-8,11-12,17-18,23,25,27-28,38H,5-6,9-10,13-16,19H2,1H3,(H,34,39)/t23-,25-,27+,28-/m0/s1. The number of likely N-dealkylation sites (N-methyl/N-ethyl adjacent to an activating group) is 1. The lowest BCUT2D eigenvalue weighted by atomic mass is 9.85. The maximum Gasteiger partial charge on any atom is 0.273 e. The van der Waals surface area contributed by atoms with E-state index in [1.807, 2.05) is 30.3 Å². The number of aliphatic hydroxyl groups excluding tert-OH is 1. The zero-order chi connectivity index (χ0) is 28.9. The van der Waals surface area contributed by atoms with Gasteiger partial charge >= 0.3 is 0 Å². The number of rotatable bonds is 8. The van der Waals surface area contributed by atoms with E-state index < -0.39 is 35.6 Å². The molecule has 4 atom stereocenters. The Morgan fingerprint density at radius 3 is 2.63 bits per heavy atom. The van der Waals surface area contributed by atoms with Crippen molar-refractivity contribution in [3.8, 4) is 11.3 Å². The molecule has 0 unspecified atom stereocenters. The van der Waals surface area contributed by atoms with Crippen molar-refractivity contribution < 1.29 is 28.0 Å². The van der Waals surface area contributed by atoms with Crippen molar-refractivity contribution in [1.82, 2.24) is 20.3 Å². The summed E-state index contributed by atoms with van der Waals surface area (Å²) in [6, 6.07) is 13.8. The first-order valence-electron chi connectivity index (χ1n) is 14.2. The van der Waals surface area contributed by atoms with E-state index in [-0.39, 0.29) is 29.0 Å². The summed E-state index contributed by atoms with van der Waals surface area (Å²) in [7, 11) is 1.78. The van der Waals surface area contributed by atoms with E-state index in [9.17, 15) is 23.5 Å². The fourth-order valence-corrected chi connectivity index (χ4v) is 5.99. The number of nitrogens with zero attached hydrogens (tertiary/aromatic N) is 3. The molecule has 2 aliphatic rings. The van der Waals surface area contributed by atoms with Crippen molar-refractivity contribution >= 4 is 11.8 Å². The Morgan fingerprint density at radius 1 is 1.10 bits per heavy atom. The largest absolute Gasteiger partial charge is 0.391 e. The Labute approximate surface area is 238 Å². The molecule has 2 heterocycles. The Bertz CT molecular complexity index is 1350. The predicted molar refractivity (Wildman–Crippen MR) is 149 cm³/mol. The monoisotopic (exact) mass is 566 g/mol. The van der Waals surface area contributed by atoms with E-state index in [0.717, 1.165) is 43.4 Å². The molecule has 1 aliphatic carbocycles. The van der Waals surface area contributed by atoms with E-state index in [2.05, 4.69) is 15.4 Å². The number of benzene rings is 2. The minimum absolute atomic E-state index is 0.00188. The highest BCUT2D eigenvalue weighted by molar-refractivity contribution is 5.94. The van der Waals surface area contributed by atoms with Crippen molar-refractivity contribution in [2.75, 3.05) is 26.7 Å². The van der Waals surface area contributed by atoms with Gasteiger partial charge in [-0.15, -0.1) is 0 Å². The van der Waals surface area contributed by atoms with Gasteiger partial charge < -0.3 is 19.8 Å². The molecule has 1 saturated heterocycles. The molecule has 5 rings (SSSR count). The van der Waals surface area contributed by atoms with Crippen LogP contribution in [0.1, 0.15) is 48.2 Å². The van der Waals surface area contributed by atoms with Crippen LogP contribution < -0.4 is 5.32 Å². The van der Waals surface area contributed by atoms with Gasteiger partial charge in [-0.25, -0.2) is 8.78 Å². The van der Waals surface area contributed by atoms with E-state index in [4.69, 9.17) is 4.52 Å². The predicted octanol–water partition coefficient (Wildman–Crippen LogP) is 4.04. The van der Waals surface area contributed by atoms with E-state index >= 15 is 0 Å². The number of carbonyl (C=O) groups excluding carboxylic acids is 2. The Kier molecular flexibility index (Phi) is 9.09. The molecular formula is C31H36F2N4O4. The summed E-state index contributed by atoms with van der Waals surface area (Å²) >= 11 is 0. The first-order valence-corrected chi connectivity index (χ1v) is 14.2. The van der Waals surface area contributed by atoms with Crippen molar-refractivity contribution in [2.45, 2.75) is 56.7 Å². The second-order valence-corrected chi connectivity index (χ2v) is 11.1. The number of nitrogens with one attached hydrogen (secondary N) is 1. The number of aromatic nitrogens is 1. The second kappa shape index (κ2) is 12.9. The topological polar surface area (TPSA) is 98.9 Å². The molecular weight excluding hydrogens is 530 g/mol. The summed E-state index contributed by atoms with van der Waals surface area (Å²) in [6.45, 7) is 1.59. The summed E-state index contributed by atoms with van der Waals surface area (Å²) in [5.41, 5.74) is 1.06. The zero-order valence-electron chi connectivity index (χ0n) is 23.1. The van der Waals surface area contributed by atoms with Crippen LogP contribution in [0.25, 0.3) is 11.3 Å². The third kappa shape index (κ3) is 6.82. The number of halogens is 2. The zero-order valence-corrected chi connectivity index (χ0v) is 23.1. The van der Waals surface area contributed by atoms with Crippen LogP contribution in [0.4, 0.5) is 8.78 Å². The molecule has 3 aromatic rings. The number of hydrogen-bond acceptors (Lipinski definition) is 6. The highest BCUT2D eigenvalue weighted by Gasteiger charge is 2.41. The molecule has 0 bridgehead atoms. The van der Waals surface area contributed by atoms with Gasteiger partial charge in [-0.2, -0.15) is 0 Å². The summed E-state index contributed by atoms with van der Waals surface area (Å²) in [5.74, 6) is -2.68. The van der Waals surface area contributed by atoms with Gasteiger partial charge in [-0.1, -0.05) is 48.3 Å². The molecule has 2 N–H and O–H groups in total. The van der Waals surface area contributed by atoms with Crippen LogP contribution in [-0.4, -0.2) is 76.7 Å². The van der Waals surface area contributed by atoms with Crippen molar-refractivity contribution in [1.29, 1.82) is 0 Å². The molecule has 2 amide bonds. The minimum Gasteiger partial charge on any atom is -0.391 e. The van der Waals surface area contributed by atoms with Crippen LogP contribution in [0.2, 0.25) is 0 Å². The van der Waals surface area contributed by atoms with Crippen LogP contribution in [0, 0.1) is 17.6 Å². The number of piperidine rings is 1. The van der Waals surface area contributed by atoms with E-state index in [1.165, 1.54) is 12.1 Å². The van der Waals surface area contributed by atoms with Crippen LogP contribution in [0.3, 0.4) is 0 Å². The first kappa shape index (κ1) is 28.9. The Morgan fingerprint density at radius 2 is 1.88 bits per heavy atom. The SMILES string of the molecule is CN(CCc1ccccc1)C(=O)[C@H]1CN([C@@H]2CCCC[C@@H]2O)CC[C@@H]1NC(=O)c1cc(-c2ccc(F)cc2F)on1. The molecule has 1 aromatic heterocycles. The number of hydrogen-bond donors (Lipinski definition) is 2. The molecule has 10 heteroatoms. The normalized spacial score (nSPS) is 23.2. The lowest BCUT2D eigenvalue weighted by molar-refractivity contribution is -0.138. The molecule has 1 saturated carbocycles. The van der Waals surface area contributed by atoms with Crippen molar-refractivity contribution in [3.05, 3.63) is 77.5 Å². The van der Waals surface area contributed by atoms with Gasteiger partial charge in [0.2, 0.25) is 5.91 Å². The lowest BCUT2D eigenvalue weighted by Gasteiger charge is -2.45. The highest BCUT2D eigenvalue weighted by atomic mass is 19.1. The molecule has 2 aromatic carbocycles. The third-order valence-electron chi connectivity index (χ3n) is 8.34. The highest BCUT2D eigenvalue weighted by Crippen LogP contribution is 2.29. The van der Waals surface area contributed by atoms with Crippen LogP contribution >= 0.6 is 0 Å². The molecule has 41 heavy (non-hydrogen) atoms. The first-order chi connectivity index (χ1) is 19.8. The van der Waals surface area contributed by atoms with Gasteiger partial charge in [0.1, 0.15) is 11.6 Å². The Hall–Kier alpha value is -3.63. The second-order valence-electron chi connectivity index (χ2n) is 11.1. The lowest BCUT2D eigenvalue weighted by Crippen LogP contribution is -2.59. The molecule has 8 nitrogen and oxygen atoms in total. The maximum atomic E-state index is 14.2. The van der Waals surface area contributed by atoms with Gasteiger partial charge in [0.25, 0.3) is 5.91 Å². The minimum atomic E-state index is -0.824. The number of likely N-dealkylation sites (tertiary alicyclic amines) is 1. The number of carbonyl (C=O) groups is 2. The average Bonchev–Trinajstić information content (AvgIpc) is 3.47. The molecule has 1 aliphatic heterocycles. The maximum absolute atomic E-state index is 14.2. The molecule has 218 valence electrons. The van der Waals surface area contributed by atoms with Gasteiger partial charge in [-0.05, 0) is 43.4 Å². The molecule has 0 spiro atoms. The average molecular weight is 567 g/mol. The number of amides is 2. The van der Waals surface area contributed by atoms with Crippen LogP contribution in [-0.2, 0) is 11.2 Å². The van der Waals surface area contributed by atoms with E-state index in [1.54, 1.807) is 11.9 Å².